The highest BCUT2D eigenvalue weighted by atomic mass is 19.1. The summed E-state index contributed by atoms with van der Waals surface area (Å²) in [6.07, 6.45) is 2.60. The maximum atomic E-state index is 14.0. The molecule has 0 aromatic heterocycles. The Kier molecular flexibility index (Phi) is 9.46. The maximum Gasteiger partial charge on any atom is 0.337 e. The van der Waals surface area contributed by atoms with Crippen LogP contribution in [0.25, 0.3) is 0 Å². The number of nitrogens with zero attached hydrogens (tertiary/aromatic N) is 1. The number of aryl methyl sites for hydroxylation is 1. The van der Waals surface area contributed by atoms with Crippen LogP contribution in [-0.2, 0) is 28.9 Å². The number of urea groups is 1. The van der Waals surface area contributed by atoms with E-state index in [0.717, 1.165) is 30.4 Å². The van der Waals surface area contributed by atoms with E-state index >= 15 is 0 Å². The van der Waals surface area contributed by atoms with Crippen molar-refractivity contribution in [1.82, 2.24) is 10.2 Å². The molecule has 8 heteroatoms. The lowest BCUT2D eigenvalue weighted by Crippen LogP contribution is -2.46. The lowest BCUT2D eigenvalue weighted by Gasteiger charge is -2.42. The maximum absolute atomic E-state index is 14.0. The molecule has 4 aromatic carbocycles. The van der Waals surface area contributed by atoms with Gasteiger partial charge in [0, 0.05) is 12.2 Å². The Balaban J connectivity index is 1.40. The number of halogens is 1. The third-order valence-corrected chi connectivity index (χ3v) is 7.81. The van der Waals surface area contributed by atoms with Gasteiger partial charge in [-0.3, -0.25) is 4.79 Å². The van der Waals surface area contributed by atoms with E-state index in [-0.39, 0.29) is 36.8 Å². The zero-order valence-corrected chi connectivity index (χ0v) is 24.0. The molecule has 3 amide bonds. The van der Waals surface area contributed by atoms with Crippen molar-refractivity contribution < 1.29 is 23.5 Å². The number of hydrogen-bond donors (Lipinski definition) is 2. The van der Waals surface area contributed by atoms with Gasteiger partial charge >= 0.3 is 12.0 Å². The second-order valence-corrected chi connectivity index (χ2v) is 10.7. The van der Waals surface area contributed by atoms with Gasteiger partial charge in [0.25, 0.3) is 0 Å². The summed E-state index contributed by atoms with van der Waals surface area (Å²) in [6.45, 7) is 0.00826. The van der Waals surface area contributed by atoms with E-state index < -0.39 is 12.0 Å². The third-order valence-electron chi connectivity index (χ3n) is 7.81. The first-order valence-corrected chi connectivity index (χ1v) is 14.3. The Labute approximate surface area is 250 Å². The lowest BCUT2D eigenvalue weighted by molar-refractivity contribution is -0.135. The molecular formula is C35H34FN3O4. The molecule has 0 fully saturated rings. The van der Waals surface area contributed by atoms with Crippen LogP contribution >= 0.6 is 0 Å². The Morgan fingerprint density at radius 2 is 1.63 bits per heavy atom. The number of fused-ring (bicyclic) bond motifs is 1. The summed E-state index contributed by atoms with van der Waals surface area (Å²) in [6, 6.07) is 30.1. The van der Waals surface area contributed by atoms with Gasteiger partial charge in [0.15, 0.2) is 0 Å². The van der Waals surface area contributed by atoms with Crippen LogP contribution in [0.2, 0.25) is 0 Å². The Bertz CT molecular complexity index is 1580. The van der Waals surface area contributed by atoms with Crippen molar-refractivity contribution in [3.8, 4) is 0 Å². The van der Waals surface area contributed by atoms with Crippen molar-refractivity contribution in [3.63, 3.8) is 0 Å². The van der Waals surface area contributed by atoms with Gasteiger partial charge in [0.1, 0.15) is 5.82 Å². The van der Waals surface area contributed by atoms with Gasteiger partial charge in [-0.1, -0.05) is 72.8 Å². The standard InChI is InChI=1S/C35H34FN3O4/c1-43-34(41)28-11-7-12-30(21-28)38-35(42)37-22-32(40)39(23-25-14-18-29(36)19-15-25)33-27(20-24-8-3-2-4-9-24)17-16-26-10-5-6-13-31(26)33/h2-15,18-19,21,27,33H,16-17,20,22-23H2,1H3,(H2,37,38,42). The van der Waals surface area contributed by atoms with Crippen LogP contribution in [0.4, 0.5) is 14.9 Å². The minimum Gasteiger partial charge on any atom is -0.465 e. The van der Waals surface area contributed by atoms with Gasteiger partial charge < -0.3 is 20.3 Å². The van der Waals surface area contributed by atoms with Crippen LogP contribution in [0, 0.1) is 11.7 Å². The Hall–Kier alpha value is -4.98. The molecule has 0 aliphatic heterocycles. The molecule has 4 aromatic rings. The molecule has 0 saturated carbocycles. The lowest BCUT2D eigenvalue weighted by atomic mass is 9.76. The minimum absolute atomic E-state index is 0.136. The number of ether oxygens (including phenoxy) is 1. The number of anilines is 1. The molecule has 5 rings (SSSR count). The number of nitrogens with one attached hydrogen (secondary N) is 2. The molecule has 0 saturated heterocycles. The number of carbonyl (C=O) groups excluding carboxylic acids is 3. The van der Waals surface area contributed by atoms with Crippen molar-refractivity contribution in [1.29, 1.82) is 0 Å². The molecule has 0 heterocycles. The predicted octanol–water partition coefficient (Wildman–Crippen LogP) is 6.31. The van der Waals surface area contributed by atoms with Gasteiger partial charge in [-0.2, -0.15) is 0 Å². The fourth-order valence-corrected chi connectivity index (χ4v) is 5.76. The Morgan fingerprint density at radius 1 is 0.884 bits per heavy atom. The Morgan fingerprint density at radius 3 is 2.40 bits per heavy atom. The first kappa shape index (κ1) is 29.5. The van der Waals surface area contributed by atoms with Gasteiger partial charge in [0.05, 0.1) is 25.3 Å². The van der Waals surface area contributed by atoms with Crippen molar-refractivity contribution in [2.24, 2.45) is 5.92 Å². The first-order chi connectivity index (χ1) is 20.9. The van der Waals surface area contributed by atoms with E-state index in [1.807, 2.05) is 35.2 Å². The quantitative estimate of drug-likeness (QED) is 0.228. The molecule has 1 aliphatic rings. The first-order valence-electron chi connectivity index (χ1n) is 14.3. The second-order valence-electron chi connectivity index (χ2n) is 10.7. The SMILES string of the molecule is COC(=O)c1cccc(NC(=O)NCC(=O)N(Cc2ccc(F)cc2)C2c3ccccc3CCC2Cc2ccccc2)c1. The van der Waals surface area contributed by atoms with Gasteiger partial charge in [-0.15, -0.1) is 0 Å². The summed E-state index contributed by atoms with van der Waals surface area (Å²) < 4.78 is 18.5. The summed E-state index contributed by atoms with van der Waals surface area (Å²) >= 11 is 0. The monoisotopic (exact) mass is 579 g/mol. The zero-order valence-electron chi connectivity index (χ0n) is 24.0. The van der Waals surface area contributed by atoms with Gasteiger partial charge in [-0.25, -0.2) is 14.0 Å². The van der Waals surface area contributed by atoms with Gasteiger partial charge in [0.2, 0.25) is 5.91 Å². The van der Waals surface area contributed by atoms with E-state index in [2.05, 4.69) is 34.9 Å². The predicted molar refractivity (Wildman–Crippen MR) is 163 cm³/mol. The molecule has 220 valence electrons. The van der Waals surface area contributed by atoms with E-state index in [9.17, 15) is 18.8 Å². The third kappa shape index (κ3) is 7.46. The van der Waals surface area contributed by atoms with E-state index in [4.69, 9.17) is 4.74 Å². The van der Waals surface area contributed by atoms with Crippen LogP contribution in [0.15, 0.2) is 103 Å². The molecule has 0 bridgehead atoms. The molecular weight excluding hydrogens is 545 g/mol. The van der Waals surface area contributed by atoms with Crippen LogP contribution in [-0.4, -0.2) is 36.5 Å². The fraction of sp³-hybridized carbons (Fsp3) is 0.229. The minimum atomic E-state index is -0.582. The summed E-state index contributed by atoms with van der Waals surface area (Å²) in [7, 11) is 1.29. The molecule has 0 radical (unpaired) electrons. The highest BCUT2D eigenvalue weighted by Gasteiger charge is 2.36. The average molecular weight is 580 g/mol. The fourth-order valence-electron chi connectivity index (χ4n) is 5.76. The number of methoxy groups -OCH3 is 1. The molecule has 2 atom stereocenters. The molecule has 43 heavy (non-hydrogen) atoms. The molecule has 1 aliphatic carbocycles. The zero-order chi connectivity index (χ0) is 30.2. The topological polar surface area (TPSA) is 87.7 Å². The van der Waals surface area contributed by atoms with Crippen LogP contribution in [0.1, 0.15) is 45.1 Å². The molecule has 0 spiro atoms. The van der Waals surface area contributed by atoms with E-state index in [1.54, 1.807) is 30.3 Å². The number of hydrogen-bond acceptors (Lipinski definition) is 4. The number of rotatable bonds is 9. The van der Waals surface area contributed by atoms with Crippen LogP contribution in [0.3, 0.4) is 0 Å². The molecule has 7 nitrogen and oxygen atoms in total. The number of esters is 1. The molecule has 2 unspecified atom stereocenters. The van der Waals surface area contributed by atoms with Crippen LogP contribution in [0.5, 0.6) is 0 Å². The molecule has 2 N–H and O–H groups in total. The highest BCUT2D eigenvalue weighted by Crippen LogP contribution is 2.41. The van der Waals surface area contributed by atoms with E-state index in [1.165, 1.54) is 36.4 Å². The average Bonchev–Trinajstić information content (AvgIpc) is 3.04. The van der Waals surface area contributed by atoms with Crippen LogP contribution < -0.4 is 10.6 Å². The van der Waals surface area contributed by atoms with Crippen molar-refractivity contribution >= 4 is 23.6 Å². The van der Waals surface area contributed by atoms with Gasteiger partial charge in [-0.05, 0) is 77.8 Å². The smallest absolute Gasteiger partial charge is 0.337 e. The van der Waals surface area contributed by atoms with E-state index in [0.29, 0.717) is 11.3 Å². The number of benzene rings is 4. The summed E-state index contributed by atoms with van der Waals surface area (Å²) in [4.78, 5) is 40.5. The van der Waals surface area contributed by atoms with Crippen molar-refractivity contribution in [2.75, 3.05) is 19.0 Å². The normalized spacial score (nSPS) is 15.6. The summed E-state index contributed by atoms with van der Waals surface area (Å²) in [5.41, 5.74) is 4.96. The van der Waals surface area contributed by atoms with Crippen molar-refractivity contribution in [3.05, 3.63) is 137 Å². The summed E-state index contributed by atoms with van der Waals surface area (Å²) in [5.74, 6) is -0.992. The number of carbonyl (C=O) groups is 3. The largest absolute Gasteiger partial charge is 0.465 e. The highest BCUT2D eigenvalue weighted by molar-refractivity contribution is 5.95. The second kappa shape index (κ2) is 13.8. The number of amides is 3. The van der Waals surface area contributed by atoms with Crippen molar-refractivity contribution in [2.45, 2.75) is 31.8 Å². The summed E-state index contributed by atoms with van der Waals surface area (Å²) in [5, 5.41) is 5.36.